The topological polar surface area (TPSA) is 4.93 Å². The second-order valence-corrected chi connectivity index (χ2v) is 5.88. The Balaban J connectivity index is 2.13. The van der Waals surface area contributed by atoms with Crippen LogP contribution in [0.4, 0.5) is 0 Å². The van der Waals surface area contributed by atoms with Crippen molar-refractivity contribution in [3.8, 4) is 5.69 Å². The summed E-state index contributed by atoms with van der Waals surface area (Å²) in [5, 5.41) is 2.71. The van der Waals surface area contributed by atoms with Gasteiger partial charge in [-0.15, -0.1) is 0 Å². The molecule has 0 aliphatic carbocycles. The molecule has 0 saturated carbocycles. The predicted octanol–water partition coefficient (Wildman–Crippen LogP) is 5.25. The van der Waals surface area contributed by atoms with Gasteiger partial charge < -0.3 is 4.57 Å². The highest BCUT2D eigenvalue weighted by Crippen LogP contribution is 2.43. The lowest BCUT2D eigenvalue weighted by molar-refractivity contribution is 0.881. The zero-order valence-electron chi connectivity index (χ0n) is 11.9. The summed E-state index contributed by atoms with van der Waals surface area (Å²) in [5.74, 6) is 0.446. The highest BCUT2D eigenvalue weighted by molar-refractivity contribution is 6.11. The molecule has 0 radical (unpaired) electrons. The van der Waals surface area contributed by atoms with E-state index in [1.165, 1.54) is 38.6 Å². The lowest BCUT2D eigenvalue weighted by Crippen LogP contribution is -2.11. The SMILES string of the molecule is CC1c2ccccc2-n2c3ccccc3c3cccc1c32. The first-order valence-electron chi connectivity index (χ1n) is 7.47. The van der Waals surface area contributed by atoms with Crippen LogP contribution < -0.4 is 0 Å². The third kappa shape index (κ3) is 1.26. The van der Waals surface area contributed by atoms with E-state index in [-0.39, 0.29) is 0 Å². The van der Waals surface area contributed by atoms with Crippen molar-refractivity contribution in [3.05, 3.63) is 77.9 Å². The van der Waals surface area contributed by atoms with Crippen LogP contribution in [-0.2, 0) is 0 Å². The predicted molar refractivity (Wildman–Crippen MR) is 88.3 cm³/mol. The Morgan fingerprint density at radius 2 is 1.43 bits per heavy atom. The molecule has 0 amide bonds. The van der Waals surface area contributed by atoms with Gasteiger partial charge in [-0.2, -0.15) is 0 Å². The molecule has 100 valence electrons. The molecule has 0 N–H and O–H groups in total. The Kier molecular flexibility index (Phi) is 2.00. The van der Waals surface area contributed by atoms with E-state index < -0.39 is 0 Å². The van der Waals surface area contributed by atoms with Crippen molar-refractivity contribution in [2.24, 2.45) is 0 Å². The van der Waals surface area contributed by atoms with Crippen molar-refractivity contribution < 1.29 is 0 Å². The first kappa shape index (κ1) is 11.2. The van der Waals surface area contributed by atoms with E-state index in [2.05, 4.69) is 78.2 Å². The van der Waals surface area contributed by atoms with E-state index in [0.29, 0.717) is 5.92 Å². The Bertz CT molecular complexity index is 1010. The quantitative estimate of drug-likeness (QED) is 0.411. The van der Waals surface area contributed by atoms with E-state index >= 15 is 0 Å². The molecule has 1 aliphatic heterocycles. The van der Waals surface area contributed by atoms with Gasteiger partial charge in [0.25, 0.3) is 0 Å². The fraction of sp³-hybridized carbons (Fsp3) is 0.100. The van der Waals surface area contributed by atoms with Gasteiger partial charge in [0, 0.05) is 22.4 Å². The average Bonchev–Trinajstić information content (AvgIpc) is 2.88. The zero-order chi connectivity index (χ0) is 14.0. The van der Waals surface area contributed by atoms with Crippen molar-refractivity contribution in [2.45, 2.75) is 12.8 Å². The summed E-state index contributed by atoms with van der Waals surface area (Å²) in [5.41, 5.74) is 6.86. The van der Waals surface area contributed by atoms with Crippen LogP contribution >= 0.6 is 0 Å². The second-order valence-electron chi connectivity index (χ2n) is 5.88. The fourth-order valence-electron chi connectivity index (χ4n) is 3.87. The van der Waals surface area contributed by atoms with Crippen LogP contribution in [0.5, 0.6) is 0 Å². The minimum atomic E-state index is 0.446. The maximum atomic E-state index is 2.44. The highest BCUT2D eigenvalue weighted by Gasteiger charge is 2.25. The Labute approximate surface area is 123 Å². The summed E-state index contributed by atoms with van der Waals surface area (Å²) >= 11 is 0. The van der Waals surface area contributed by atoms with Gasteiger partial charge in [-0.3, -0.25) is 0 Å². The van der Waals surface area contributed by atoms with Crippen molar-refractivity contribution in [1.82, 2.24) is 4.57 Å². The molecule has 0 bridgehead atoms. The van der Waals surface area contributed by atoms with Gasteiger partial charge >= 0.3 is 0 Å². The van der Waals surface area contributed by atoms with E-state index in [4.69, 9.17) is 0 Å². The number of rotatable bonds is 0. The van der Waals surface area contributed by atoms with Gasteiger partial charge in [-0.1, -0.05) is 61.5 Å². The number of aromatic nitrogens is 1. The minimum absolute atomic E-state index is 0.446. The molecule has 1 nitrogen and oxygen atoms in total. The summed E-state index contributed by atoms with van der Waals surface area (Å²) in [6.45, 7) is 2.31. The number of hydrogen-bond acceptors (Lipinski definition) is 0. The van der Waals surface area contributed by atoms with Crippen LogP contribution in [0.15, 0.2) is 66.7 Å². The molecule has 1 heteroatoms. The fourth-order valence-corrected chi connectivity index (χ4v) is 3.87. The first-order chi connectivity index (χ1) is 10.4. The maximum absolute atomic E-state index is 2.44. The minimum Gasteiger partial charge on any atom is -0.309 e. The van der Waals surface area contributed by atoms with E-state index in [0.717, 1.165) is 0 Å². The van der Waals surface area contributed by atoms with E-state index in [1.807, 2.05) is 0 Å². The monoisotopic (exact) mass is 269 g/mol. The molecule has 0 fully saturated rings. The van der Waals surface area contributed by atoms with Gasteiger partial charge in [-0.05, 0) is 23.3 Å². The third-order valence-corrected chi connectivity index (χ3v) is 4.84. The normalized spacial score (nSPS) is 16.3. The standard InChI is InChI=1S/C20H15N/c1-13-14-7-2-4-11-18(14)21-19-12-5-3-8-16(19)17-10-6-9-15(13)20(17)21/h2-13H,1H3. The Hall–Kier alpha value is -2.54. The number of nitrogens with zero attached hydrogens (tertiary/aromatic N) is 1. The number of para-hydroxylation sites is 3. The summed E-state index contributed by atoms with van der Waals surface area (Å²) in [6.07, 6.45) is 0. The average molecular weight is 269 g/mol. The van der Waals surface area contributed by atoms with Crippen molar-refractivity contribution in [2.75, 3.05) is 0 Å². The molecule has 21 heavy (non-hydrogen) atoms. The van der Waals surface area contributed by atoms with Gasteiger partial charge in [0.05, 0.1) is 11.0 Å². The molecule has 4 aromatic rings. The summed E-state index contributed by atoms with van der Waals surface area (Å²) in [4.78, 5) is 0. The smallest absolute Gasteiger partial charge is 0.0579 e. The lowest BCUT2D eigenvalue weighted by Gasteiger charge is -2.25. The maximum Gasteiger partial charge on any atom is 0.0579 e. The van der Waals surface area contributed by atoms with Crippen LogP contribution in [0.1, 0.15) is 24.0 Å². The molecule has 5 rings (SSSR count). The van der Waals surface area contributed by atoms with E-state index in [9.17, 15) is 0 Å². The summed E-state index contributed by atoms with van der Waals surface area (Å²) < 4.78 is 2.44. The molecule has 3 aromatic carbocycles. The number of hydrogen-bond donors (Lipinski definition) is 0. The molecule has 2 heterocycles. The Morgan fingerprint density at radius 1 is 0.714 bits per heavy atom. The second kappa shape index (κ2) is 3.76. The van der Waals surface area contributed by atoms with Crippen molar-refractivity contribution >= 4 is 21.8 Å². The molecular formula is C20H15N. The summed E-state index contributed by atoms with van der Waals surface area (Å²) in [7, 11) is 0. The van der Waals surface area contributed by atoms with Gasteiger partial charge in [0.1, 0.15) is 0 Å². The molecule has 1 aromatic heterocycles. The van der Waals surface area contributed by atoms with Crippen LogP contribution in [0, 0.1) is 0 Å². The number of fused-ring (bicyclic) bond motifs is 5. The van der Waals surface area contributed by atoms with Gasteiger partial charge in [0.15, 0.2) is 0 Å². The first-order valence-corrected chi connectivity index (χ1v) is 7.47. The van der Waals surface area contributed by atoms with Crippen LogP contribution in [0.25, 0.3) is 27.5 Å². The molecule has 0 spiro atoms. The highest BCUT2D eigenvalue weighted by atomic mass is 15.0. The van der Waals surface area contributed by atoms with Crippen LogP contribution in [0.3, 0.4) is 0 Å². The van der Waals surface area contributed by atoms with Crippen molar-refractivity contribution in [1.29, 1.82) is 0 Å². The third-order valence-electron chi connectivity index (χ3n) is 4.84. The zero-order valence-corrected chi connectivity index (χ0v) is 11.9. The van der Waals surface area contributed by atoms with Gasteiger partial charge in [0.2, 0.25) is 0 Å². The molecule has 1 aliphatic rings. The van der Waals surface area contributed by atoms with Crippen molar-refractivity contribution in [3.63, 3.8) is 0 Å². The molecular weight excluding hydrogens is 254 g/mol. The summed E-state index contributed by atoms with van der Waals surface area (Å²) in [6, 6.07) is 24.2. The molecule has 1 atom stereocenters. The largest absolute Gasteiger partial charge is 0.309 e. The molecule has 1 unspecified atom stereocenters. The van der Waals surface area contributed by atoms with E-state index in [1.54, 1.807) is 0 Å². The number of benzene rings is 3. The molecule has 0 saturated heterocycles. The lowest BCUT2D eigenvalue weighted by atomic mass is 9.88. The van der Waals surface area contributed by atoms with Crippen LogP contribution in [-0.4, -0.2) is 4.57 Å². The Morgan fingerprint density at radius 3 is 2.38 bits per heavy atom. The van der Waals surface area contributed by atoms with Crippen LogP contribution in [0.2, 0.25) is 0 Å². The van der Waals surface area contributed by atoms with Gasteiger partial charge in [-0.25, -0.2) is 0 Å².